The van der Waals surface area contributed by atoms with Crippen LogP contribution in [0.25, 0.3) is 0 Å². The van der Waals surface area contributed by atoms with E-state index in [0.29, 0.717) is 24.2 Å². The summed E-state index contributed by atoms with van der Waals surface area (Å²) in [5.41, 5.74) is -1.65. The Hall–Kier alpha value is -2.19. The number of hydrogen-bond acceptors (Lipinski definition) is 5. The van der Waals surface area contributed by atoms with Crippen LogP contribution in [0.2, 0.25) is 13.1 Å². The van der Waals surface area contributed by atoms with Gasteiger partial charge in [0.05, 0.1) is 29.0 Å². The molecule has 0 aromatic heterocycles. The molecule has 8 heteroatoms. The van der Waals surface area contributed by atoms with Gasteiger partial charge in [0, 0.05) is 12.8 Å². The number of β-lactam (4-membered cyclic amide) rings is 1. The largest absolute Gasteiger partial charge is 0.467 e. The molecule has 1 spiro atoms. The van der Waals surface area contributed by atoms with Crippen molar-refractivity contribution in [1.29, 1.82) is 0 Å². The average molecular weight is 514 g/mol. The Kier molecular flexibility index (Phi) is 7.16. The van der Waals surface area contributed by atoms with Crippen molar-refractivity contribution in [2.24, 2.45) is 17.3 Å². The van der Waals surface area contributed by atoms with Crippen LogP contribution in [0.5, 0.6) is 5.75 Å². The zero-order valence-electron chi connectivity index (χ0n) is 22.8. The van der Waals surface area contributed by atoms with E-state index in [0.717, 1.165) is 25.7 Å². The van der Waals surface area contributed by atoms with Gasteiger partial charge in [-0.1, -0.05) is 52.7 Å². The van der Waals surface area contributed by atoms with Crippen molar-refractivity contribution >= 4 is 26.8 Å². The van der Waals surface area contributed by atoms with Crippen molar-refractivity contribution in [2.75, 3.05) is 0 Å². The molecule has 2 fully saturated rings. The lowest BCUT2D eigenvalue weighted by molar-refractivity contribution is -0.170. The van der Waals surface area contributed by atoms with Crippen LogP contribution in [0.15, 0.2) is 24.3 Å². The fourth-order valence-corrected chi connectivity index (χ4v) is 7.35. The molecule has 1 aromatic carbocycles. The SMILES string of the molecule is C[C@@H](C(=O)N1C(=O)c2ccccc2OC12CCCCCC2)[C@H]1NC(=O)[C@@H]1[C@@](C)(O[Si](C)C)C(C)(C)C. The van der Waals surface area contributed by atoms with Crippen molar-refractivity contribution in [2.45, 2.75) is 104 Å². The molecular formula is C28H41N2O5Si. The first-order chi connectivity index (χ1) is 16.8. The Morgan fingerprint density at radius 3 is 2.28 bits per heavy atom. The maximum absolute atomic E-state index is 14.2. The monoisotopic (exact) mass is 513 g/mol. The molecule has 0 bridgehead atoms. The van der Waals surface area contributed by atoms with E-state index in [1.165, 1.54) is 4.90 Å². The Morgan fingerprint density at radius 1 is 1.11 bits per heavy atom. The second-order valence-electron chi connectivity index (χ2n) is 12.1. The number of amides is 3. The van der Waals surface area contributed by atoms with Crippen LogP contribution in [0.4, 0.5) is 0 Å². The van der Waals surface area contributed by atoms with Crippen LogP contribution >= 0.6 is 0 Å². The number of rotatable bonds is 5. The van der Waals surface area contributed by atoms with Gasteiger partial charge in [0.15, 0.2) is 5.72 Å². The number of carbonyl (C=O) groups is 3. The minimum absolute atomic E-state index is 0.101. The Labute approximate surface area is 217 Å². The summed E-state index contributed by atoms with van der Waals surface area (Å²) in [6, 6.07) is 6.75. The smallest absolute Gasteiger partial charge is 0.267 e. The molecule has 1 radical (unpaired) electrons. The molecule has 4 atom stereocenters. The number of fused-ring (bicyclic) bond motifs is 1. The fraction of sp³-hybridized carbons (Fsp3) is 0.679. The number of para-hydroxylation sites is 1. The predicted molar refractivity (Wildman–Crippen MR) is 140 cm³/mol. The molecule has 2 heterocycles. The number of ether oxygens (including phenoxy) is 1. The fourth-order valence-electron chi connectivity index (χ4n) is 6.07. The molecule has 1 aliphatic carbocycles. The molecule has 36 heavy (non-hydrogen) atoms. The minimum Gasteiger partial charge on any atom is -0.467 e. The van der Waals surface area contributed by atoms with E-state index in [2.05, 4.69) is 39.2 Å². The third-order valence-corrected chi connectivity index (χ3v) is 9.34. The first-order valence-corrected chi connectivity index (χ1v) is 15.7. The summed E-state index contributed by atoms with van der Waals surface area (Å²) in [6.45, 7) is 14.2. The lowest BCUT2D eigenvalue weighted by Crippen LogP contribution is -2.74. The van der Waals surface area contributed by atoms with Crippen LogP contribution < -0.4 is 10.1 Å². The summed E-state index contributed by atoms with van der Waals surface area (Å²) >= 11 is 0. The third kappa shape index (κ3) is 4.40. The van der Waals surface area contributed by atoms with E-state index in [9.17, 15) is 14.4 Å². The number of carbonyl (C=O) groups excluding carboxylic acids is 3. The highest BCUT2D eigenvalue weighted by molar-refractivity contribution is 6.48. The second kappa shape index (κ2) is 9.60. The summed E-state index contributed by atoms with van der Waals surface area (Å²) in [7, 11) is -1.12. The Balaban J connectivity index is 1.70. The van der Waals surface area contributed by atoms with Crippen LogP contribution in [-0.2, 0) is 14.0 Å². The van der Waals surface area contributed by atoms with Crippen LogP contribution in [0.3, 0.4) is 0 Å². The first kappa shape index (κ1) is 26.9. The van der Waals surface area contributed by atoms with Gasteiger partial charge < -0.3 is 14.5 Å². The van der Waals surface area contributed by atoms with E-state index in [4.69, 9.17) is 9.16 Å². The van der Waals surface area contributed by atoms with Gasteiger partial charge in [-0.3, -0.25) is 14.4 Å². The van der Waals surface area contributed by atoms with Gasteiger partial charge in [0.2, 0.25) is 20.9 Å². The molecule has 1 saturated heterocycles. The molecule has 1 N–H and O–H groups in total. The van der Waals surface area contributed by atoms with Crippen LogP contribution in [0.1, 0.15) is 83.5 Å². The number of benzene rings is 1. The molecular weight excluding hydrogens is 472 g/mol. The van der Waals surface area contributed by atoms with E-state index in [1.54, 1.807) is 12.1 Å². The molecule has 197 valence electrons. The van der Waals surface area contributed by atoms with Crippen molar-refractivity contribution in [3.63, 3.8) is 0 Å². The zero-order valence-corrected chi connectivity index (χ0v) is 23.8. The summed E-state index contributed by atoms with van der Waals surface area (Å²) in [6.07, 6.45) is 5.13. The minimum atomic E-state index is -1.12. The standard InChI is InChI=1S/C28H41N2O5Si/c1-18(22-21(23(31)29-22)27(5,26(2,3)4)35-36(6)7)24(32)30-25(33)19-14-10-11-15-20(19)34-28(30)16-12-8-9-13-17-28/h10-11,14-15,18,21-22H,8-9,12-13,16-17H2,1-7H3,(H,29,31)/t18-,21-,22-,27-/m1/s1. The van der Waals surface area contributed by atoms with E-state index < -0.39 is 38.2 Å². The molecule has 7 nitrogen and oxygen atoms in total. The lowest BCUT2D eigenvalue weighted by Gasteiger charge is -2.56. The quantitative estimate of drug-likeness (QED) is 0.446. The molecule has 4 rings (SSSR count). The third-order valence-electron chi connectivity index (χ3n) is 8.51. The zero-order chi connectivity index (χ0) is 26.5. The van der Waals surface area contributed by atoms with Gasteiger partial charge in [-0.15, -0.1) is 0 Å². The first-order valence-electron chi connectivity index (χ1n) is 13.3. The highest BCUT2D eigenvalue weighted by Gasteiger charge is 2.61. The summed E-state index contributed by atoms with van der Waals surface area (Å²) < 4.78 is 13.0. The van der Waals surface area contributed by atoms with Crippen LogP contribution in [-0.4, -0.2) is 49.0 Å². The highest BCUT2D eigenvalue weighted by atomic mass is 28.3. The summed E-state index contributed by atoms with van der Waals surface area (Å²) in [5, 5.41) is 2.99. The number of imide groups is 1. The van der Waals surface area contributed by atoms with Crippen molar-refractivity contribution in [3.8, 4) is 5.75 Å². The predicted octanol–water partition coefficient (Wildman–Crippen LogP) is 4.92. The maximum atomic E-state index is 14.2. The summed E-state index contributed by atoms with van der Waals surface area (Å²) in [5.74, 6) is -1.25. The van der Waals surface area contributed by atoms with E-state index >= 15 is 0 Å². The van der Waals surface area contributed by atoms with Gasteiger partial charge in [-0.2, -0.15) is 0 Å². The highest BCUT2D eigenvalue weighted by Crippen LogP contribution is 2.47. The molecule has 1 saturated carbocycles. The number of hydrogen-bond donors (Lipinski definition) is 1. The van der Waals surface area contributed by atoms with Crippen molar-refractivity contribution in [3.05, 3.63) is 29.8 Å². The molecule has 0 unspecified atom stereocenters. The normalized spacial score (nSPS) is 26.3. The molecule has 1 aromatic rings. The topological polar surface area (TPSA) is 84.9 Å². The van der Waals surface area contributed by atoms with E-state index in [-0.39, 0.29) is 23.1 Å². The maximum Gasteiger partial charge on any atom is 0.267 e. The second-order valence-corrected chi connectivity index (χ2v) is 14.1. The van der Waals surface area contributed by atoms with Crippen molar-refractivity contribution in [1.82, 2.24) is 10.2 Å². The lowest BCUT2D eigenvalue weighted by atomic mass is 9.62. The summed E-state index contributed by atoms with van der Waals surface area (Å²) in [4.78, 5) is 42.5. The Bertz CT molecular complexity index is 1030. The molecule has 3 aliphatic rings. The van der Waals surface area contributed by atoms with Crippen molar-refractivity contribution < 1.29 is 23.5 Å². The number of nitrogens with zero attached hydrogens (tertiary/aromatic N) is 1. The van der Waals surface area contributed by atoms with E-state index in [1.807, 2.05) is 26.0 Å². The molecule has 3 amide bonds. The average Bonchev–Trinajstić information content (AvgIpc) is 3.01. The van der Waals surface area contributed by atoms with Gasteiger partial charge in [-0.25, -0.2) is 4.90 Å². The van der Waals surface area contributed by atoms with Gasteiger partial charge in [-0.05, 0) is 50.4 Å². The van der Waals surface area contributed by atoms with Crippen LogP contribution in [0, 0.1) is 17.3 Å². The van der Waals surface area contributed by atoms with Gasteiger partial charge in [0.1, 0.15) is 5.75 Å². The van der Waals surface area contributed by atoms with Gasteiger partial charge in [0.25, 0.3) is 5.91 Å². The molecule has 2 aliphatic heterocycles. The number of nitrogens with one attached hydrogen (secondary N) is 1. The Morgan fingerprint density at radius 2 is 1.72 bits per heavy atom. The van der Waals surface area contributed by atoms with Gasteiger partial charge >= 0.3 is 0 Å².